The van der Waals surface area contributed by atoms with E-state index in [2.05, 4.69) is 22.5 Å². The van der Waals surface area contributed by atoms with Crippen LogP contribution in [0.25, 0.3) is 5.57 Å². The number of halogens is 2. The first-order valence-electron chi connectivity index (χ1n) is 5.40. The molecule has 0 aliphatic heterocycles. The molecule has 0 fully saturated rings. The van der Waals surface area contributed by atoms with Crippen molar-refractivity contribution >= 4 is 33.1 Å². The number of ether oxygens (including phenoxy) is 1. The molecule has 0 saturated heterocycles. The van der Waals surface area contributed by atoms with Crippen LogP contribution in [0.5, 0.6) is 5.75 Å². The van der Waals surface area contributed by atoms with Gasteiger partial charge in [-0.15, -0.1) is 0 Å². The maximum atomic E-state index is 5.88. The molecular weight excluding hydrogens is 312 g/mol. The molecule has 2 rings (SSSR count). The predicted molar refractivity (Wildman–Crippen MR) is 80.3 cm³/mol. The smallest absolute Gasteiger partial charge is 0.119 e. The summed E-state index contributed by atoms with van der Waals surface area (Å²) in [5, 5.41) is 0.719. The van der Waals surface area contributed by atoms with Crippen molar-refractivity contribution in [1.82, 2.24) is 0 Å². The summed E-state index contributed by atoms with van der Waals surface area (Å²) >= 11 is 9.41. The molecule has 0 radical (unpaired) electrons. The van der Waals surface area contributed by atoms with Crippen LogP contribution < -0.4 is 4.74 Å². The number of hydrogen-bond acceptors (Lipinski definition) is 1. The average Bonchev–Trinajstić information content (AvgIpc) is 2.39. The third-order valence-corrected chi connectivity index (χ3v) is 3.63. The molecule has 0 bridgehead atoms. The lowest BCUT2D eigenvalue weighted by Gasteiger charge is -2.10. The van der Waals surface area contributed by atoms with E-state index >= 15 is 0 Å². The monoisotopic (exact) mass is 322 g/mol. The normalized spacial score (nSPS) is 10.2. The summed E-state index contributed by atoms with van der Waals surface area (Å²) in [7, 11) is 1.65. The second-order valence-electron chi connectivity index (χ2n) is 3.83. The molecule has 92 valence electrons. The van der Waals surface area contributed by atoms with Gasteiger partial charge >= 0.3 is 0 Å². The van der Waals surface area contributed by atoms with E-state index in [-0.39, 0.29) is 0 Å². The lowest BCUT2D eigenvalue weighted by molar-refractivity contribution is 0.414. The first-order valence-corrected chi connectivity index (χ1v) is 6.57. The van der Waals surface area contributed by atoms with E-state index in [1.165, 1.54) is 0 Å². The Kier molecular flexibility index (Phi) is 4.10. The zero-order chi connectivity index (χ0) is 13.1. The first-order chi connectivity index (χ1) is 8.61. The summed E-state index contributed by atoms with van der Waals surface area (Å²) in [5.41, 5.74) is 2.97. The Morgan fingerprint density at radius 2 is 1.83 bits per heavy atom. The SMILES string of the molecule is C=C(c1ccc(Cl)cc1)c1cc(OC)ccc1Br. The fourth-order valence-corrected chi connectivity index (χ4v) is 2.28. The summed E-state index contributed by atoms with van der Waals surface area (Å²) < 4.78 is 6.22. The van der Waals surface area contributed by atoms with Gasteiger partial charge in [0.05, 0.1) is 7.11 Å². The van der Waals surface area contributed by atoms with Crippen molar-refractivity contribution < 1.29 is 4.74 Å². The highest BCUT2D eigenvalue weighted by atomic mass is 79.9. The highest BCUT2D eigenvalue weighted by molar-refractivity contribution is 9.10. The van der Waals surface area contributed by atoms with E-state index in [0.29, 0.717) is 0 Å². The minimum absolute atomic E-state index is 0.719. The largest absolute Gasteiger partial charge is 0.497 e. The summed E-state index contributed by atoms with van der Waals surface area (Å²) in [5.74, 6) is 0.809. The lowest BCUT2D eigenvalue weighted by atomic mass is 9.99. The van der Waals surface area contributed by atoms with E-state index in [4.69, 9.17) is 16.3 Å². The molecule has 0 spiro atoms. The second kappa shape index (κ2) is 5.59. The van der Waals surface area contributed by atoms with Crippen LogP contribution in [0, 0.1) is 0 Å². The van der Waals surface area contributed by atoms with Gasteiger partial charge in [0.15, 0.2) is 0 Å². The summed E-state index contributed by atoms with van der Waals surface area (Å²) in [6, 6.07) is 13.4. The minimum atomic E-state index is 0.719. The molecule has 2 aromatic rings. The van der Waals surface area contributed by atoms with E-state index in [1.807, 2.05) is 42.5 Å². The highest BCUT2D eigenvalue weighted by Crippen LogP contribution is 2.31. The van der Waals surface area contributed by atoms with E-state index in [1.54, 1.807) is 7.11 Å². The van der Waals surface area contributed by atoms with Crippen LogP contribution in [0.1, 0.15) is 11.1 Å². The van der Waals surface area contributed by atoms with Crippen molar-refractivity contribution in [1.29, 1.82) is 0 Å². The molecule has 0 N–H and O–H groups in total. The van der Waals surface area contributed by atoms with Gasteiger partial charge < -0.3 is 4.74 Å². The zero-order valence-corrected chi connectivity index (χ0v) is 12.3. The Labute approximate surface area is 120 Å². The maximum Gasteiger partial charge on any atom is 0.119 e. The molecule has 0 unspecified atom stereocenters. The molecule has 0 atom stereocenters. The molecule has 0 heterocycles. The van der Waals surface area contributed by atoms with Gasteiger partial charge in [-0.25, -0.2) is 0 Å². The van der Waals surface area contributed by atoms with Crippen molar-refractivity contribution in [3.63, 3.8) is 0 Å². The predicted octanol–water partition coefficient (Wildman–Crippen LogP) is 5.17. The van der Waals surface area contributed by atoms with Crippen LogP contribution in [0.3, 0.4) is 0 Å². The second-order valence-corrected chi connectivity index (χ2v) is 5.12. The van der Waals surface area contributed by atoms with Gasteiger partial charge in [-0.1, -0.05) is 46.2 Å². The number of rotatable bonds is 3. The van der Waals surface area contributed by atoms with Gasteiger partial charge in [0.2, 0.25) is 0 Å². The quantitative estimate of drug-likeness (QED) is 0.757. The Morgan fingerprint density at radius 1 is 1.17 bits per heavy atom. The van der Waals surface area contributed by atoms with Gasteiger partial charge in [-0.3, -0.25) is 0 Å². The van der Waals surface area contributed by atoms with Gasteiger partial charge in [-0.05, 0) is 47.0 Å². The molecule has 2 aromatic carbocycles. The van der Waals surface area contributed by atoms with Crippen LogP contribution in [0.2, 0.25) is 5.02 Å². The molecule has 0 amide bonds. The van der Waals surface area contributed by atoms with Crippen molar-refractivity contribution in [2.45, 2.75) is 0 Å². The number of methoxy groups -OCH3 is 1. The molecule has 0 saturated carbocycles. The lowest BCUT2D eigenvalue weighted by Crippen LogP contribution is -1.90. The Balaban J connectivity index is 2.42. The Hall–Kier alpha value is -1.25. The van der Waals surface area contributed by atoms with Crippen molar-refractivity contribution in [2.24, 2.45) is 0 Å². The molecule has 3 heteroatoms. The van der Waals surface area contributed by atoms with Crippen LogP contribution in [-0.2, 0) is 0 Å². The topological polar surface area (TPSA) is 9.23 Å². The average molecular weight is 324 g/mol. The van der Waals surface area contributed by atoms with E-state index < -0.39 is 0 Å². The van der Waals surface area contributed by atoms with Crippen LogP contribution in [-0.4, -0.2) is 7.11 Å². The standard InChI is InChI=1S/C15H12BrClO/c1-10(11-3-5-12(17)6-4-11)14-9-13(18-2)7-8-15(14)16/h3-9H,1H2,2H3. The van der Waals surface area contributed by atoms with E-state index in [9.17, 15) is 0 Å². The third kappa shape index (κ3) is 2.77. The van der Waals surface area contributed by atoms with Crippen molar-refractivity contribution in [2.75, 3.05) is 7.11 Å². The van der Waals surface area contributed by atoms with Gasteiger partial charge in [0.25, 0.3) is 0 Å². The summed E-state index contributed by atoms with van der Waals surface area (Å²) in [6.07, 6.45) is 0. The van der Waals surface area contributed by atoms with Gasteiger partial charge in [-0.2, -0.15) is 0 Å². The fraction of sp³-hybridized carbons (Fsp3) is 0.0667. The zero-order valence-electron chi connectivity index (χ0n) is 9.91. The molecular formula is C15H12BrClO. The Morgan fingerprint density at radius 3 is 2.44 bits per heavy atom. The Bertz CT molecular complexity index is 576. The van der Waals surface area contributed by atoms with Crippen LogP contribution in [0.15, 0.2) is 53.5 Å². The summed E-state index contributed by atoms with van der Waals surface area (Å²) in [6.45, 7) is 4.13. The highest BCUT2D eigenvalue weighted by Gasteiger charge is 2.08. The maximum absolute atomic E-state index is 5.88. The van der Waals surface area contributed by atoms with E-state index in [0.717, 1.165) is 31.9 Å². The summed E-state index contributed by atoms with van der Waals surface area (Å²) in [4.78, 5) is 0. The molecule has 18 heavy (non-hydrogen) atoms. The van der Waals surface area contributed by atoms with Gasteiger partial charge in [0.1, 0.15) is 5.75 Å². The fourth-order valence-electron chi connectivity index (χ4n) is 1.67. The third-order valence-electron chi connectivity index (χ3n) is 2.69. The van der Waals surface area contributed by atoms with Crippen molar-refractivity contribution in [3.8, 4) is 5.75 Å². The van der Waals surface area contributed by atoms with Crippen LogP contribution in [0.4, 0.5) is 0 Å². The molecule has 1 nitrogen and oxygen atoms in total. The number of benzene rings is 2. The minimum Gasteiger partial charge on any atom is -0.497 e. The molecule has 0 aliphatic carbocycles. The first kappa shape index (κ1) is 13.2. The van der Waals surface area contributed by atoms with Crippen LogP contribution >= 0.6 is 27.5 Å². The molecule has 0 aliphatic rings. The van der Waals surface area contributed by atoms with Gasteiger partial charge in [0, 0.05) is 9.50 Å². The number of hydrogen-bond donors (Lipinski definition) is 0. The molecule has 0 aromatic heterocycles. The van der Waals surface area contributed by atoms with Crippen molar-refractivity contribution in [3.05, 3.63) is 69.7 Å².